The fourth-order valence-electron chi connectivity index (χ4n) is 5.17. The molecule has 0 amide bonds. The van der Waals surface area contributed by atoms with E-state index >= 15 is 4.39 Å². The highest BCUT2D eigenvalue weighted by atomic mass is 19.1. The van der Waals surface area contributed by atoms with Gasteiger partial charge in [-0.25, -0.2) is 4.39 Å². The van der Waals surface area contributed by atoms with E-state index in [2.05, 4.69) is 45.5 Å². The van der Waals surface area contributed by atoms with Gasteiger partial charge in [0.25, 0.3) is 0 Å². The van der Waals surface area contributed by atoms with Gasteiger partial charge in [-0.05, 0) is 55.5 Å². The van der Waals surface area contributed by atoms with Crippen molar-refractivity contribution in [3.63, 3.8) is 0 Å². The van der Waals surface area contributed by atoms with Crippen LogP contribution in [0, 0.1) is 0 Å². The Morgan fingerprint density at radius 1 is 1.19 bits per heavy atom. The average molecular weight is 437 g/mol. The Morgan fingerprint density at radius 2 is 2.00 bits per heavy atom. The Hall–Kier alpha value is -2.64. The number of nitrogens with zero attached hydrogens (tertiary/aromatic N) is 2. The molecule has 7 heteroatoms. The predicted molar refractivity (Wildman–Crippen MR) is 121 cm³/mol. The average Bonchev–Trinajstić information content (AvgIpc) is 3.29. The van der Waals surface area contributed by atoms with Gasteiger partial charge in [-0.15, -0.1) is 0 Å². The fourth-order valence-corrected chi connectivity index (χ4v) is 5.17. The van der Waals surface area contributed by atoms with E-state index in [-0.39, 0.29) is 18.2 Å². The summed E-state index contributed by atoms with van der Waals surface area (Å²) in [6, 6.07) is 10.4. The maximum atomic E-state index is 15.0. The van der Waals surface area contributed by atoms with Crippen LogP contribution in [0.1, 0.15) is 42.5 Å². The van der Waals surface area contributed by atoms with Crippen molar-refractivity contribution in [1.82, 2.24) is 20.4 Å². The number of aromatic amines is 1. The Balaban J connectivity index is 1.46. The smallest absolute Gasteiger partial charge is 0.127 e. The Kier molecular flexibility index (Phi) is 4.66. The molecule has 6 nitrogen and oxygen atoms in total. The van der Waals surface area contributed by atoms with Crippen LogP contribution in [0.5, 0.6) is 11.5 Å². The van der Waals surface area contributed by atoms with Gasteiger partial charge in [0.1, 0.15) is 23.3 Å². The molecule has 1 saturated heterocycles. The van der Waals surface area contributed by atoms with Crippen molar-refractivity contribution in [3.8, 4) is 11.5 Å². The molecule has 2 aromatic carbocycles. The van der Waals surface area contributed by atoms with Crippen LogP contribution in [0.2, 0.25) is 0 Å². The lowest BCUT2D eigenvalue weighted by Gasteiger charge is -2.43. The fraction of sp³-hybridized carbons (Fsp3) is 0.480. The van der Waals surface area contributed by atoms with Crippen molar-refractivity contribution in [1.29, 1.82) is 0 Å². The Bertz CT molecular complexity index is 1150. The van der Waals surface area contributed by atoms with E-state index in [0.29, 0.717) is 19.4 Å². The van der Waals surface area contributed by atoms with Gasteiger partial charge in [0.2, 0.25) is 0 Å². The van der Waals surface area contributed by atoms with Gasteiger partial charge in [-0.1, -0.05) is 6.07 Å². The molecule has 3 aromatic rings. The highest BCUT2D eigenvalue weighted by Gasteiger charge is 2.48. The third kappa shape index (κ3) is 3.35. The highest BCUT2D eigenvalue weighted by Crippen LogP contribution is 2.48. The van der Waals surface area contributed by atoms with E-state index in [1.165, 1.54) is 11.1 Å². The molecule has 3 aliphatic rings. The summed E-state index contributed by atoms with van der Waals surface area (Å²) in [6.07, 6.45) is 4.28. The highest BCUT2D eigenvalue weighted by molar-refractivity contribution is 5.83. The first kappa shape index (κ1) is 20.0. The van der Waals surface area contributed by atoms with Crippen LogP contribution in [0.15, 0.2) is 36.5 Å². The SMILES string of the molecule is COc1cc(OC2CNC2)ccc1C1c2ccc3[nH]ncc3c2C[C@@H](C)N1CC1(F)CC1. The first-order chi connectivity index (χ1) is 15.5. The van der Waals surface area contributed by atoms with E-state index < -0.39 is 5.67 Å². The molecule has 1 aromatic heterocycles. The standard InChI is InChI=1S/C25H29FN4O2/c1-15-9-20-18(5-6-22-21(20)13-28-29-22)24(30(15)14-25(26)7-8-25)19-4-3-16(10-23(19)31-2)32-17-11-27-12-17/h3-6,10,13,15,17,24,27H,7-9,11-12,14H2,1-2H3,(H,28,29)/t15-,24?/m1/s1. The van der Waals surface area contributed by atoms with Crippen molar-refractivity contribution >= 4 is 10.9 Å². The Morgan fingerprint density at radius 3 is 2.72 bits per heavy atom. The quantitative estimate of drug-likeness (QED) is 0.616. The summed E-state index contributed by atoms with van der Waals surface area (Å²) in [6.45, 7) is 4.38. The number of benzene rings is 2. The van der Waals surface area contributed by atoms with Crippen molar-refractivity contribution in [2.45, 2.75) is 50.0 Å². The van der Waals surface area contributed by atoms with Crippen LogP contribution >= 0.6 is 0 Å². The molecule has 0 spiro atoms. The molecule has 1 saturated carbocycles. The number of aromatic nitrogens is 2. The van der Waals surface area contributed by atoms with Gasteiger partial charge in [-0.2, -0.15) is 5.10 Å². The summed E-state index contributed by atoms with van der Waals surface area (Å²) < 4.78 is 27.0. The number of hydrogen-bond donors (Lipinski definition) is 2. The number of methoxy groups -OCH3 is 1. The van der Waals surface area contributed by atoms with Crippen molar-refractivity contribution in [2.24, 2.45) is 0 Å². The van der Waals surface area contributed by atoms with E-state index in [4.69, 9.17) is 9.47 Å². The van der Waals surface area contributed by atoms with E-state index in [9.17, 15) is 0 Å². The third-order valence-electron chi connectivity index (χ3n) is 7.27. The zero-order chi connectivity index (χ0) is 21.9. The second kappa shape index (κ2) is 7.46. The number of ether oxygens (including phenoxy) is 2. The zero-order valence-electron chi connectivity index (χ0n) is 18.5. The first-order valence-electron chi connectivity index (χ1n) is 11.5. The third-order valence-corrected chi connectivity index (χ3v) is 7.27. The van der Waals surface area contributed by atoms with Gasteiger partial charge >= 0.3 is 0 Å². The van der Waals surface area contributed by atoms with Gasteiger partial charge in [0.05, 0.1) is 24.9 Å². The molecule has 168 valence electrons. The molecule has 2 N–H and O–H groups in total. The molecule has 2 aliphatic heterocycles. The maximum Gasteiger partial charge on any atom is 0.127 e. The summed E-state index contributed by atoms with van der Waals surface area (Å²) in [5, 5.41) is 11.7. The van der Waals surface area contributed by atoms with Gasteiger partial charge in [-0.3, -0.25) is 10.00 Å². The topological polar surface area (TPSA) is 62.4 Å². The molecule has 0 radical (unpaired) electrons. The summed E-state index contributed by atoms with van der Waals surface area (Å²) in [5.41, 5.74) is 3.51. The molecule has 32 heavy (non-hydrogen) atoms. The lowest BCUT2D eigenvalue weighted by molar-refractivity contribution is 0.0971. The van der Waals surface area contributed by atoms with E-state index in [1.807, 2.05) is 18.3 Å². The normalized spacial score (nSPS) is 24.7. The number of halogens is 1. The van der Waals surface area contributed by atoms with Gasteiger partial charge in [0.15, 0.2) is 0 Å². The van der Waals surface area contributed by atoms with Crippen LogP contribution in [0.4, 0.5) is 4.39 Å². The van der Waals surface area contributed by atoms with Crippen LogP contribution in [-0.4, -0.2) is 59.7 Å². The molecule has 1 aliphatic carbocycles. The van der Waals surface area contributed by atoms with Gasteiger partial charge < -0.3 is 14.8 Å². The summed E-state index contributed by atoms with van der Waals surface area (Å²) >= 11 is 0. The molecule has 1 unspecified atom stereocenters. The van der Waals surface area contributed by atoms with Crippen LogP contribution in [0.25, 0.3) is 10.9 Å². The largest absolute Gasteiger partial charge is 0.496 e. The number of nitrogens with one attached hydrogen (secondary N) is 2. The molecule has 2 atom stereocenters. The first-order valence-corrected chi connectivity index (χ1v) is 11.5. The molecule has 2 fully saturated rings. The second-order valence-corrected chi connectivity index (χ2v) is 9.55. The molecule has 6 rings (SSSR count). The molecular weight excluding hydrogens is 407 g/mol. The minimum atomic E-state index is -1.07. The minimum absolute atomic E-state index is 0.0874. The predicted octanol–water partition coefficient (Wildman–Crippen LogP) is 3.76. The van der Waals surface area contributed by atoms with Crippen molar-refractivity contribution in [2.75, 3.05) is 26.7 Å². The lowest BCUT2D eigenvalue weighted by atomic mass is 9.83. The van der Waals surface area contributed by atoms with E-state index in [0.717, 1.165) is 47.5 Å². The van der Waals surface area contributed by atoms with Crippen LogP contribution in [0.3, 0.4) is 0 Å². The van der Waals surface area contributed by atoms with Crippen LogP contribution in [-0.2, 0) is 6.42 Å². The number of alkyl halides is 1. The summed E-state index contributed by atoms with van der Waals surface area (Å²) in [4.78, 5) is 2.33. The Labute approximate surface area is 187 Å². The van der Waals surface area contributed by atoms with Gasteiger partial charge in [0, 0.05) is 42.7 Å². The minimum Gasteiger partial charge on any atom is -0.496 e. The summed E-state index contributed by atoms with van der Waals surface area (Å²) in [5.74, 6) is 1.59. The monoisotopic (exact) mass is 436 g/mol. The number of rotatable bonds is 6. The number of H-pyrrole nitrogens is 1. The maximum absolute atomic E-state index is 15.0. The van der Waals surface area contributed by atoms with Crippen molar-refractivity contribution in [3.05, 3.63) is 53.2 Å². The van der Waals surface area contributed by atoms with E-state index in [1.54, 1.807) is 7.11 Å². The van der Waals surface area contributed by atoms with Crippen LogP contribution < -0.4 is 14.8 Å². The number of hydrogen-bond acceptors (Lipinski definition) is 5. The zero-order valence-corrected chi connectivity index (χ0v) is 18.5. The molecule has 0 bridgehead atoms. The second-order valence-electron chi connectivity index (χ2n) is 9.55. The summed E-state index contributed by atoms with van der Waals surface area (Å²) in [7, 11) is 1.70. The van der Waals surface area contributed by atoms with Crippen molar-refractivity contribution < 1.29 is 13.9 Å². The molecule has 3 heterocycles. The lowest BCUT2D eigenvalue weighted by Crippen LogP contribution is -2.50. The molecular formula is C25H29FN4O2. The number of fused-ring (bicyclic) bond motifs is 3.